The van der Waals surface area contributed by atoms with Gasteiger partial charge in [0.2, 0.25) is 11.8 Å². The maximum absolute atomic E-state index is 11.3. The van der Waals surface area contributed by atoms with Gasteiger partial charge in [0.25, 0.3) is 0 Å². The second-order valence-corrected chi connectivity index (χ2v) is 6.47. The molecule has 2 amide bonds. The van der Waals surface area contributed by atoms with Crippen molar-refractivity contribution in [1.82, 2.24) is 0 Å². The number of nitrogens with two attached hydrogens (primary N) is 2. The molecule has 0 aromatic heterocycles. The Morgan fingerprint density at radius 1 is 1.00 bits per heavy atom. The van der Waals surface area contributed by atoms with E-state index in [1.54, 1.807) is 10.8 Å². The van der Waals surface area contributed by atoms with Crippen LogP contribution in [-0.4, -0.2) is 11.8 Å². The Morgan fingerprint density at radius 3 is 2.25 bits per heavy atom. The number of carbonyl (C=O) groups excluding carboxylic acids is 2. The Morgan fingerprint density at radius 2 is 1.65 bits per heavy atom. The van der Waals surface area contributed by atoms with E-state index >= 15 is 0 Å². The number of hydrogen-bond donors (Lipinski definition) is 2. The van der Waals surface area contributed by atoms with Gasteiger partial charge in [0.15, 0.2) is 0 Å². The van der Waals surface area contributed by atoms with Gasteiger partial charge in [-0.3, -0.25) is 9.59 Å². The van der Waals surface area contributed by atoms with Gasteiger partial charge in [0, 0.05) is 11.6 Å². The van der Waals surface area contributed by atoms with E-state index in [-0.39, 0.29) is 5.91 Å². The molecule has 0 unspecified atom stereocenters. The topological polar surface area (TPSA) is 86.2 Å². The van der Waals surface area contributed by atoms with Gasteiger partial charge in [-0.25, -0.2) is 0 Å². The maximum Gasteiger partial charge on any atom is 0.245 e. The van der Waals surface area contributed by atoms with Crippen molar-refractivity contribution < 1.29 is 9.59 Å². The average Bonchev–Trinajstić information content (AvgIpc) is 2.39. The van der Waals surface area contributed by atoms with Crippen LogP contribution in [-0.2, 0) is 9.59 Å². The summed E-state index contributed by atoms with van der Waals surface area (Å²) in [7, 11) is 2.69. The molecular weight excluding hydrogens is 292 g/mol. The molecule has 4 N–H and O–H groups in total. The van der Waals surface area contributed by atoms with Crippen molar-refractivity contribution in [3.05, 3.63) is 22.5 Å². The van der Waals surface area contributed by atoms with E-state index in [1.165, 1.54) is 53.3 Å². The Balaban J connectivity index is 3.91. The Kier molecular flexibility index (Phi) is 12.5. The van der Waals surface area contributed by atoms with E-state index < -0.39 is 5.91 Å². The fourth-order valence-electron chi connectivity index (χ4n) is 1.55. The first kappa shape index (κ1) is 19.1. The molecule has 0 bridgehead atoms. The van der Waals surface area contributed by atoms with Crippen LogP contribution in [0.2, 0.25) is 0 Å². The summed E-state index contributed by atoms with van der Waals surface area (Å²) in [6.45, 7) is 2.19. The predicted molar refractivity (Wildman–Crippen MR) is 88.8 cm³/mol. The van der Waals surface area contributed by atoms with Crippen LogP contribution in [0.25, 0.3) is 0 Å². The molecule has 0 fully saturated rings. The lowest BCUT2D eigenvalue weighted by molar-refractivity contribution is -0.115. The van der Waals surface area contributed by atoms with Crippen molar-refractivity contribution in [2.45, 2.75) is 51.9 Å². The molecule has 20 heavy (non-hydrogen) atoms. The highest BCUT2D eigenvalue weighted by Crippen LogP contribution is 2.26. The third-order valence-corrected chi connectivity index (χ3v) is 4.34. The summed E-state index contributed by atoms with van der Waals surface area (Å²) in [6, 6.07) is 0. The van der Waals surface area contributed by atoms with Gasteiger partial charge in [-0.15, -0.1) is 0 Å². The van der Waals surface area contributed by atoms with Crippen molar-refractivity contribution in [3.8, 4) is 0 Å². The summed E-state index contributed by atoms with van der Waals surface area (Å²) in [5, 5.41) is 3.34. The van der Waals surface area contributed by atoms with Gasteiger partial charge in [0.1, 0.15) is 0 Å². The first-order valence-corrected chi connectivity index (χ1v) is 9.12. The molecular formula is C14H24N2O2S2. The Bertz CT molecular complexity index is 355. The molecule has 0 aliphatic rings. The van der Waals surface area contributed by atoms with Crippen molar-refractivity contribution in [2.75, 3.05) is 0 Å². The first-order chi connectivity index (χ1) is 9.57. The third kappa shape index (κ3) is 12.2. The van der Waals surface area contributed by atoms with Gasteiger partial charge < -0.3 is 11.5 Å². The van der Waals surface area contributed by atoms with Crippen LogP contribution in [0.1, 0.15) is 51.9 Å². The van der Waals surface area contributed by atoms with Crippen molar-refractivity contribution in [3.63, 3.8) is 0 Å². The smallest absolute Gasteiger partial charge is 0.245 e. The Labute approximate surface area is 129 Å². The first-order valence-electron chi connectivity index (χ1n) is 6.85. The lowest BCUT2D eigenvalue weighted by atomic mass is 10.1. The van der Waals surface area contributed by atoms with E-state index in [1.807, 2.05) is 0 Å². The SMILES string of the molecule is CCCCCCCCC(=CSSC=CC(N)=O)C(N)=O. The zero-order chi connectivity index (χ0) is 15.2. The van der Waals surface area contributed by atoms with Gasteiger partial charge in [-0.05, 0) is 23.7 Å². The molecule has 0 spiro atoms. The summed E-state index contributed by atoms with van der Waals surface area (Å²) >= 11 is 0. The molecule has 4 nitrogen and oxygen atoms in total. The van der Waals surface area contributed by atoms with Crippen molar-refractivity contribution in [1.29, 1.82) is 0 Å². The molecule has 114 valence electrons. The minimum Gasteiger partial charge on any atom is -0.366 e. The number of rotatable bonds is 12. The molecule has 0 heterocycles. The fraction of sp³-hybridized carbons (Fsp3) is 0.571. The van der Waals surface area contributed by atoms with Gasteiger partial charge in [-0.1, -0.05) is 60.6 Å². The number of primary amides is 2. The second-order valence-electron chi connectivity index (χ2n) is 4.42. The highest BCUT2D eigenvalue weighted by molar-refractivity contribution is 8.79. The van der Waals surface area contributed by atoms with Crippen LogP contribution >= 0.6 is 21.6 Å². The summed E-state index contributed by atoms with van der Waals surface area (Å²) in [5.41, 5.74) is 10.9. The fourth-order valence-corrected chi connectivity index (χ4v) is 3.08. The van der Waals surface area contributed by atoms with Gasteiger partial charge in [-0.2, -0.15) is 0 Å². The maximum atomic E-state index is 11.3. The molecule has 0 radical (unpaired) electrons. The van der Waals surface area contributed by atoms with E-state index in [2.05, 4.69) is 6.92 Å². The van der Waals surface area contributed by atoms with Crippen molar-refractivity contribution >= 4 is 33.4 Å². The molecule has 0 aliphatic carbocycles. The minimum absolute atomic E-state index is 0.370. The van der Waals surface area contributed by atoms with Crippen LogP contribution in [0.4, 0.5) is 0 Å². The molecule has 0 saturated heterocycles. The number of unbranched alkanes of at least 4 members (excludes halogenated alkanes) is 5. The van der Waals surface area contributed by atoms with E-state index in [9.17, 15) is 9.59 Å². The van der Waals surface area contributed by atoms with Crippen molar-refractivity contribution in [2.24, 2.45) is 11.5 Å². The lowest BCUT2D eigenvalue weighted by Gasteiger charge is -2.03. The summed E-state index contributed by atoms with van der Waals surface area (Å²) < 4.78 is 0. The molecule has 0 aliphatic heterocycles. The minimum atomic E-state index is -0.482. The summed E-state index contributed by atoms with van der Waals surface area (Å²) in [6.07, 6.45) is 9.09. The summed E-state index contributed by atoms with van der Waals surface area (Å²) in [4.78, 5) is 21.8. The van der Waals surface area contributed by atoms with E-state index in [0.717, 1.165) is 12.8 Å². The van der Waals surface area contributed by atoms with Gasteiger partial charge >= 0.3 is 0 Å². The average molecular weight is 316 g/mol. The van der Waals surface area contributed by atoms with Crippen LogP contribution in [0.15, 0.2) is 22.5 Å². The highest BCUT2D eigenvalue weighted by atomic mass is 33.1. The van der Waals surface area contributed by atoms with Gasteiger partial charge in [0.05, 0.1) is 0 Å². The summed E-state index contributed by atoms with van der Waals surface area (Å²) in [5.74, 6) is -0.852. The number of amides is 2. The Hall–Kier alpha value is -0.880. The molecule has 0 saturated carbocycles. The third-order valence-electron chi connectivity index (χ3n) is 2.65. The highest BCUT2D eigenvalue weighted by Gasteiger charge is 2.04. The quantitative estimate of drug-likeness (QED) is 0.328. The number of carbonyl (C=O) groups is 2. The largest absolute Gasteiger partial charge is 0.366 e. The zero-order valence-electron chi connectivity index (χ0n) is 12.0. The van der Waals surface area contributed by atoms with Crippen LogP contribution < -0.4 is 11.5 Å². The molecule has 6 heteroatoms. The second kappa shape index (κ2) is 13.1. The molecule has 0 atom stereocenters. The van der Waals surface area contributed by atoms with Crippen LogP contribution in [0.3, 0.4) is 0 Å². The van der Waals surface area contributed by atoms with Crippen LogP contribution in [0, 0.1) is 0 Å². The molecule has 0 aromatic carbocycles. The zero-order valence-corrected chi connectivity index (χ0v) is 13.6. The molecule has 0 rings (SSSR count). The van der Waals surface area contributed by atoms with E-state index in [4.69, 9.17) is 11.5 Å². The lowest BCUT2D eigenvalue weighted by Crippen LogP contribution is -2.13. The molecule has 0 aromatic rings. The normalized spacial score (nSPS) is 11.9. The van der Waals surface area contributed by atoms with Crippen LogP contribution in [0.5, 0.6) is 0 Å². The standard InChI is InChI=1S/C14H24N2O2S2/c1-2-3-4-5-6-7-8-12(14(16)18)11-20-19-10-9-13(15)17/h9-11H,2-8H2,1H3,(H2,15,17)(H2,16,18). The number of hydrogen-bond acceptors (Lipinski definition) is 4. The predicted octanol–water partition coefficient (Wildman–Crippen LogP) is 3.49. The monoisotopic (exact) mass is 316 g/mol. The van der Waals surface area contributed by atoms with E-state index in [0.29, 0.717) is 12.0 Å².